The van der Waals surface area contributed by atoms with Gasteiger partial charge in [0.25, 0.3) is 5.24 Å². The van der Waals surface area contributed by atoms with E-state index < -0.39 is 6.10 Å². The number of ether oxygens (including phenoxy) is 1. The molecular formula is C18H17NO4S. The Kier molecular flexibility index (Phi) is 5.17. The molecule has 0 spiro atoms. The molecule has 2 aromatic rings. The molecule has 2 atom stereocenters. The number of imide groups is 1. The average Bonchev–Trinajstić information content (AvgIpc) is 2.92. The Balaban J connectivity index is 1.53. The minimum absolute atomic E-state index is 0.165. The maximum absolute atomic E-state index is 11.6. The molecule has 1 aliphatic rings. The van der Waals surface area contributed by atoms with E-state index in [1.54, 1.807) is 12.1 Å². The van der Waals surface area contributed by atoms with Gasteiger partial charge in [0.2, 0.25) is 5.91 Å². The molecule has 0 radical (unpaired) electrons. The lowest BCUT2D eigenvalue weighted by Gasteiger charge is -2.13. The average molecular weight is 343 g/mol. The van der Waals surface area contributed by atoms with Crippen molar-refractivity contribution in [3.05, 3.63) is 65.7 Å². The van der Waals surface area contributed by atoms with Crippen LogP contribution >= 0.6 is 11.8 Å². The van der Waals surface area contributed by atoms with E-state index in [9.17, 15) is 14.7 Å². The summed E-state index contributed by atoms with van der Waals surface area (Å²) in [6, 6.07) is 16.7. The lowest BCUT2D eigenvalue weighted by atomic mass is 10.1. The van der Waals surface area contributed by atoms with Gasteiger partial charge < -0.3 is 9.84 Å². The molecule has 1 saturated heterocycles. The topological polar surface area (TPSA) is 75.6 Å². The normalized spacial score (nSPS) is 18.3. The Hall–Kier alpha value is -2.31. The SMILES string of the molecule is O=C1NC(=O)C(Cc2ccc(OCC(O)c3ccccc3)cc2)S1. The third-order valence-electron chi connectivity index (χ3n) is 3.70. The largest absolute Gasteiger partial charge is 0.491 e. The third kappa shape index (κ3) is 4.15. The summed E-state index contributed by atoms with van der Waals surface area (Å²) in [4.78, 5) is 22.7. The first-order chi connectivity index (χ1) is 11.6. The zero-order valence-electron chi connectivity index (χ0n) is 12.8. The fourth-order valence-corrected chi connectivity index (χ4v) is 3.27. The van der Waals surface area contributed by atoms with Crippen LogP contribution in [0.25, 0.3) is 0 Å². The highest BCUT2D eigenvalue weighted by molar-refractivity contribution is 8.15. The number of amides is 2. The number of carbonyl (C=O) groups is 2. The molecule has 2 amide bonds. The van der Waals surface area contributed by atoms with Crippen molar-refractivity contribution in [2.24, 2.45) is 0 Å². The van der Waals surface area contributed by atoms with Crippen LogP contribution in [-0.4, -0.2) is 28.1 Å². The molecule has 3 rings (SSSR count). The Bertz CT molecular complexity index is 718. The number of aliphatic hydroxyl groups excluding tert-OH is 1. The molecule has 2 N–H and O–H groups in total. The predicted octanol–water partition coefficient (Wildman–Crippen LogP) is 2.69. The number of hydrogen-bond acceptors (Lipinski definition) is 5. The molecule has 1 aliphatic heterocycles. The van der Waals surface area contributed by atoms with Crippen molar-refractivity contribution >= 4 is 22.9 Å². The quantitative estimate of drug-likeness (QED) is 0.843. The van der Waals surface area contributed by atoms with E-state index in [2.05, 4.69) is 5.32 Å². The number of rotatable bonds is 6. The Morgan fingerprint density at radius 2 is 1.79 bits per heavy atom. The monoisotopic (exact) mass is 343 g/mol. The highest BCUT2D eigenvalue weighted by Crippen LogP contribution is 2.24. The molecule has 1 fully saturated rings. The first-order valence-corrected chi connectivity index (χ1v) is 8.46. The molecule has 0 saturated carbocycles. The third-order valence-corrected chi connectivity index (χ3v) is 4.69. The molecule has 0 bridgehead atoms. The summed E-state index contributed by atoms with van der Waals surface area (Å²) >= 11 is 1.02. The number of hydrogen-bond donors (Lipinski definition) is 2. The summed E-state index contributed by atoms with van der Waals surface area (Å²) in [6.45, 7) is 0.165. The van der Waals surface area contributed by atoms with Gasteiger partial charge in [0.05, 0.1) is 5.25 Å². The van der Waals surface area contributed by atoms with Crippen LogP contribution < -0.4 is 10.1 Å². The number of aliphatic hydroxyl groups is 1. The minimum atomic E-state index is -0.685. The summed E-state index contributed by atoms with van der Waals surface area (Å²) in [6.07, 6.45) is -0.190. The van der Waals surface area contributed by atoms with E-state index in [-0.39, 0.29) is 23.0 Å². The van der Waals surface area contributed by atoms with E-state index in [0.29, 0.717) is 12.2 Å². The minimum Gasteiger partial charge on any atom is -0.491 e. The van der Waals surface area contributed by atoms with Crippen molar-refractivity contribution < 1.29 is 19.4 Å². The number of carbonyl (C=O) groups excluding carboxylic acids is 2. The van der Waals surface area contributed by atoms with Crippen molar-refractivity contribution in [3.63, 3.8) is 0 Å². The highest BCUT2D eigenvalue weighted by Gasteiger charge is 2.31. The van der Waals surface area contributed by atoms with Crippen molar-refractivity contribution in [2.45, 2.75) is 17.8 Å². The summed E-state index contributed by atoms with van der Waals surface area (Å²) in [7, 11) is 0. The van der Waals surface area contributed by atoms with Gasteiger partial charge in [-0.1, -0.05) is 54.2 Å². The van der Waals surface area contributed by atoms with E-state index in [0.717, 1.165) is 22.9 Å². The molecule has 2 aromatic carbocycles. The van der Waals surface area contributed by atoms with E-state index in [4.69, 9.17) is 4.74 Å². The van der Waals surface area contributed by atoms with Crippen LogP contribution in [0.1, 0.15) is 17.2 Å². The zero-order chi connectivity index (χ0) is 16.9. The zero-order valence-corrected chi connectivity index (χ0v) is 13.7. The molecular weight excluding hydrogens is 326 g/mol. The second-order valence-corrected chi connectivity index (χ2v) is 6.64. The van der Waals surface area contributed by atoms with Gasteiger partial charge in [0.1, 0.15) is 18.5 Å². The molecule has 0 aromatic heterocycles. The first-order valence-electron chi connectivity index (χ1n) is 7.58. The molecule has 6 heteroatoms. The fourth-order valence-electron chi connectivity index (χ4n) is 2.41. The maximum Gasteiger partial charge on any atom is 0.286 e. The lowest BCUT2D eigenvalue weighted by Crippen LogP contribution is -2.25. The standard InChI is InChI=1S/C18H17NO4S/c20-15(13-4-2-1-3-5-13)11-23-14-8-6-12(7-9-14)10-16-17(21)19-18(22)24-16/h1-9,15-16,20H,10-11H2,(H,19,21,22). The lowest BCUT2D eigenvalue weighted by molar-refractivity contribution is -0.118. The van der Waals surface area contributed by atoms with Gasteiger partial charge >= 0.3 is 0 Å². The van der Waals surface area contributed by atoms with Crippen LogP contribution in [0.2, 0.25) is 0 Å². The molecule has 1 heterocycles. The van der Waals surface area contributed by atoms with Gasteiger partial charge in [-0.15, -0.1) is 0 Å². The summed E-state index contributed by atoms with van der Waals surface area (Å²) in [5.74, 6) is 0.407. The van der Waals surface area contributed by atoms with E-state index in [1.807, 2.05) is 42.5 Å². The molecule has 124 valence electrons. The second-order valence-electron chi connectivity index (χ2n) is 5.47. The molecule has 5 nitrogen and oxygen atoms in total. The van der Waals surface area contributed by atoms with E-state index in [1.165, 1.54) is 0 Å². The van der Waals surface area contributed by atoms with E-state index >= 15 is 0 Å². The van der Waals surface area contributed by atoms with Crippen LogP contribution in [0.4, 0.5) is 4.79 Å². The van der Waals surface area contributed by atoms with Crippen molar-refractivity contribution in [1.82, 2.24) is 5.32 Å². The molecule has 0 aliphatic carbocycles. The van der Waals surface area contributed by atoms with Crippen molar-refractivity contribution in [3.8, 4) is 5.75 Å². The van der Waals surface area contributed by atoms with Crippen molar-refractivity contribution in [2.75, 3.05) is 6.61 Å². The highest BCUT2D eigenvalue weighted by atomic mass is 32.2. The number of benzene rings is 2. The van der Waals surface area contributed by atoms with Gasteiger partial charge in [0, 0.05) is 0 Å². The van der Waals surface area contributed by atoms with Gasteiger partial charge in [-0.25, -0.2) is 0 Å². The molecule has 2 unspecified atom stereocenters. The van der Waals surface area contributed by atoms with Crippen LogP contribution in [0.5, 0.6) is 5.75 Å². The predicted molar refractivity (Wildman–Crippen MR) is 92.0 cm³/mol. The fraction of sp³-hybridized carbons (Fsp3) is 0.222. The van der Waals surface area contributed by atoms with Crippen LogP contribution in [-0.2, 0) is 11.2 Å². The van der Waals surface area contributed by atoms with Gasteiger partial charge in [-0.3, -0.25) is 14.9 Å². The van der Waals surface area contributed by atoms with Crippen LogP contribution in [0.3, 0.4) is 0 Å². The smallest absolute Gasteiger partial charge is 0.286 e. The Labute approximate surface area is 144 Å². The first kappa shape index (κ1) is 16.5. The summed E-state index contributed by atoms with van der Waals surface area (Å²) in [5.41, 5.74) is 1.76. The molecule has 24 heavy (non-hydrogen) atoms. The Morgan fingerprint density at radius 3 is 2.42 bits per heavy atom. The van der Waals surface area contributed by atoms with Crippen molar-refractivity contribution in [1.29, 1.82) is 0 Å². The van der Waals surface area contributed by atoms with Crippen LogP contribution in [0.15, 0.2) is 54.6 Å². The van der Waals surface area contributed by atoms with Gasteiger partial charge in [-0.2, -0.15) is 0 Å². The summed E-state index contributed by atoms with van der Waals surface area (Å²) < 4.78 is 5.60. The van der Waals surface area contributed by atoms with Gasteiger partial charge in [0.15, 0.2) is 0 Å². The van der Waals surface area contributed by atoms with Gasteiger partial charge in [-0.05, 0) is 29.7 Å². The number of nitrogens with one attached hydrogen (secondary N) is 1. The maximum atomic E-state index is 11.6. The second kappa shape index (κ2) is 7.51. The summed E-state index contributed by atoms with van der Waals surface area (Å²) in [5, 5.41) is 11.7. The Morgan fingerprint density at radius 1 is 1.08 bits per heavy atom. The van der Waals surface area contributed by atoms with Crippen LogP contribution in [0, 0.1) is 0 Å². The number of thioether (sulfide) groups is 1.